The first kappa shape index (κ1) is 34.7. The second-order valence-electron chi connectivity index (χ2n) is 14.8. The van der Waals surface area contributed by atoms with E-state index >= 15 is 0 Å². The average Bonchev–Trinajstić information content (AvgIpc) is 3.72. The van der Waals surface area contributed by atoms with Crippen LogP contribution in [0.1, 0.15) is 0 Å². The Bertz CT molecular complexity index is 3200. The van der Waals surface area contributed by atoms with E-state index in [1.807, 2.05) is 23.5 Å². The molecule has 0 unspecified atom stereocenters. The summed E-state index contributed by atoms with van der Waals surface area (Å²) in [5, 5.41) is 5.21. The Morgan fingerprint density at radius 3 is 1.36 bits per heavy atom. The van der Waals surface area contributed by atoms with Crippen LogP contribution in [0, 0.1) is 0 Å². The number of rotatable bonds is 7. The normalized spacial score (nSPS) is 11.4. The van der Waals surface area contributed by atoms with Crippen LogP contribution in [-0.2, 0) is 0 Å². The summed E-state index contributed by atoms with van der Waals surface area (Å²) in [6.07, 6.45) is 0. The molecule has 11 rings (SSSR count). The van der Waals surface area contributed by atoms with E-state index in [9.17, 15) is 0 Å². The third-order valence-electron chi connectivity index (χ3n) is 11.2. The molecule has 0 bridgehead atoms. The van der Waals surface area contributed by atoms with Crippen molar-refractivity contribution in [2.24, 2.45) is 0 Å². The Labute approximate surface area is 346 Å². The summed E-state index contributed by atoms with van der Waals surface area (Å²) in [4.78, 5) is 15.3. The molecule has 0 saturated carbocycles. The van der Waals surface area contributed by atoms with Crippen LogP contribution in [0.2, 0.25) is 0 Å². The Hall–Kier alpha value is -7.53. The van der Waals surface area contributed by atoms with Crippen LogP contribution in [0.25, 0.3) is 110 Å². The molecule has 9 aromatic carbocycles. The monoisotopic (exact) mass is 769 g/mol. The van der Waals surface area contributed by atoms with Crippen molar-refractivity contribution >= 4 is 42.3 Å². The number of aromatic nitrogens is 3. The van der Waals surface area contributed by atoms with Crippen LogP contribution in [0.5, 0.6) is 0 Å². The van der Waals surface area contributed by atoms with Crippen LogP contribution in [0.4, 0.5) is 0 Å². The predicted octanol–water partition coefficient (Wildman–Crippen LogP) is 15.1. The molecule has 0 aliphatic carbocycles. The molecule has 0 saturated heterocycles. The van der Waals surface area contributed by atoms with Gasteiger partial charge < -0.3 is 0 Å². The maximum absolute atomic E-state index is 5.12. The fraction of sp³-hybridized carbons (Fsp3) is 0. The van der Waals surface area contributed by atoms with Gasteiger partial charge in [0.15, 0.2) is 17.5 Å². The Morgan fingerprint density at radius 1 is 0.288 bits per heavy atom. The Kier molecular flexibility index (Phi) is 8.68. The highest BCUT2D eigenvalue weighted by Gasteiger charge is 2.16. The first-order valence-corrected chi connectivity index (χ1v) is 20.7. The highest BCUT2D eigenvalue weighted by atomic mass is 32.1. The molecule has 2 aromatic heterocycles. The smallest absolute Gasteiger partial charge is 0.164 e. The number of hydrogen-bond acceptors (Lipinski definition) is 4. The molecule has 3 nitrogen and oxygen atoms in total. The molecule has 0 atom stereocenters. The third kappa shape index (κ3) is 6.56. The lowest BCUT2D eigenvalue weighted by atomic mass is 9.96. The Balaban J connectivity index is 0.988. The van der Waals surface area contributed by atoms with E-state index in [1.54, 1.807) is 0 Å². The van der Waals surface area contributed by atoms with E-state index in [-0.39, 0.29) is 0 Å². The number of thiophene rings is 1. The molecule has 0 radical (unpaired) electrons. The second-order valence-corrected chi connectivity index (χ2v) is 15.9. The molecule has 59 heavy (non-hydrogen) atoms. The maximum Gasteiger partial charge on any atom is 0.164 e. The van der Waals surface area contributed by atoms with Crippen molar-refractivity contribution in [3.8, 4) is 78.7 Å². The van der Waals surface area contributed by atoms with Crippen molar-refractivity contribution in [1.29, 1.82) is 0 Å². The van der Waals surface area contributed by atoms with E-state index in [4.69, 9.17) is 15.0 Å². The fourth-order valence-electron chi connectivity index (χ4n) is 8.15. The number of nitrogens with zero attached hydrogens (tertiary/aromatic N) is 3. The minimum absolute atomic E-state index is 0.629. The van der Waals surface area contributed by atoms with Crippen molar-refractivity contribution in [2.45, 2.75) is 0 Å². The zero-order valence-corrected chi connectivity index (χ0v) is 32.8. The van der Waals surface area contributed by atoms with Crippen molar-refractivity contribution in [1.82, 2.24) is 15.0 Å². The average molecular weight is 770 g/mol. The van der Waals surface area contributed by atoms with E-state index in [2.05, 4.69) is 200 Å². The van der Waals surface area contributed by atoms with Crippen molar-refractivity contribution in [3.63, 3.8) is 0 Å². The van der Waals surface area contributed by atoms with Crippen LogP contribution in [0.3, 0.4) is 0 Å². The summed E-state index contributed by atoms with van der Waals surface area (Å²) in [6.45, 7) is 0. The van der Waals surface area contributed by atoms with E-state index in [0.29, 0.717) is 17.5 Å². The molecule has 0 aliphatic heterocycles. The van der Waals surface area contributed by atoms with Gasteiger partial charge in [0.05, 0.1) is 0 Å². The lowest BCUT2D eigenvalue weighted by Crippen LogP contribution is -2.00. The molecular weight excluding hydrogens is 735 g/mol. The molecule has 11 aromatic rings. The van der Waals surface area contributed by atoms with Gasteiger partial charge in [-0.3, -0.25) is 0 Å². The summed E-state index contributed by atoms with van der Waals surface area (Å²) < 4.78 is 2.62. The lowest BCUT2D eigenvalue weighted by Gasteiger charge is -2.11. The first-order chi connectivity index (χ1) is 29.2. The number of hydrogen-bond donors (Lipinski definition) is 0. The number of benzene rings is 9. The molecule has 0 aliphatic rings. The highest BCUT2D eigenvalue weighted by Crippen LogP contribution is 2.43. The first-order valence-electron chi connectivity index (χ1n) is 19.8. The quantitative estimate of drug-likeness (QED) is 0.162. The summed E-state index contributed by atoms with van der Waals surface area (Å²) in [6, 6.07) is 75.2. The van der Waals surface area contributed by atoms with E-state index in [1.165, 1.54) is 53.2 Å². The van der Waals surface area contributed by atoms with Gasteiger partial charge in [-0.2, -0.15) is 0 Å². The van der Waals surface area contributed by atoms with E-state index in [0.717, 1.165) is 38.9 Å². The van der Waals surface area contributed by atoms with Gasteiger partial charge in [-0.25, -0.2) is 15.0 Å². The van der Waals surface area contributed by atoms with Crippen LogP contribution in [-0.4, -0.2) is 15.0 Å². The molecule has 0 amide bonds. The van der Waals surface area contributed by atoms with Gasteiger partial charge in [0.2, 0.25) is 0 Å². The molecule has 0 fully saturated rings. The minimum atomic E-state index is 0.629. The third-order valence-corrected chi connectivity index (χ3v) is 12.4. The molecule has 276 valence electrons. The molecular formula is C55H35N3S. The second kappa shape index (κ2) is 14.8. The maximum atomic E-state index is 5.12. The van der Waals surface area contributed by atoms with Gasteiger partial charge in [0, 0.05) is 36.9 Å². The number of fused-ring (bicyclic) bond motifs is 5. The molecule has 2 heterocycles. The molecule has 0 spiro atoms. The van der Waals surface area contributed by atoms with Crippen molar-refractivity contribution in [3.05, 3.63) is 212 Å². The van der Waals surface area contributed by atoms with Gasteiger partial charge in [-0.05, 0) is 73.5 Å². The van der Waals surface area contributed by atoms with Crippen molar-refractivity contribution < 1.29 is 0 Å². The van der Waals surface area contributed by atoms with Gasteiger partial charge in [0.1, 0.15) is 0 Å². The summed E-state index contributed by atoms with van der Waals surface area (Å²) in [5.74, 6) is 1.89. The van der Waals surface area contributed by atoms with Crippen LogP contribution in [0.15, 0.2) is 212 Å². The molecule has 0 N–H and O–H groups in total. The van der Waals surface area contributed by atoms with E-state index < -0.39 is 0 Å². The summed E-state index contributed by atoms with van der Waals surface area (Å²) >= 11 is 1.87. The zero-order valence-electron chi connectivity index (χ0n) is 32.0. The van der Waals surface area contributed by atoms with Gasteiger partial charge in [-0.15, -0.1) is 11.3 Å². The Morgan fingerprint density at radius 2 is 0.729 bits per heavy atom. The topological polar surface area (TPSA) is 38.7 Å². The fourth-order valence-corrected chi connectivity index (χ4v) is 9.40. The van der Waals surface area contributed by atoms with Gasteiger partial charge >= 0.3 is 0 Å². The van der Waals surface area contributed by atoms with Gasteiger partial charge in [0.25, 0.3) is 0 Å². The van der Waals surface area contributed by atoms with Crippen LogP contribution < -0.4 is 0 Å². The largest absolute Gasteiger partial charge is 0.208 e. The summed E-state index contributed by atoms with van der Waals surface area (Å²) in [7, 11) is 0. The SMILES string of the molecule is c1ccc(-c2ccc(-c3nc(-c4ccc(-c5ccccc5)cc4)nc(-c4cccc(-c5cccc(-c6cccc7c6sc6ccc8ccccc8c67)c5)c4)n3)cc2)cc1. The standard InChI is InChI=1S/C55H35N3S/c1-3-12-36(13-4-1)38-24-28-41(29-25-38)53-56-54(42-30-26-39(27-31-42)37-14-5-2-6-15-37)58-55(57-53)46-20-10-18-44(35-46)43-17-9-19-45(34-43)48-22-11-23-49-51-47-21-8-7-16-40(47)32-33-50(51)59-52(48)49/h1-35H. The summed E-state index contributed by atoms with van der Waals surface area (Å²) in [5.41, 5.74) is 12.1. The van der Waals surface area contributed by atoms with Crippen LogP contribution >= 0.6 is 11.3 Å². The highest BCUT2D eigenvalue weighted by molar-refractivity contribution is 7.26. The minimum Gasteiger partial charge on any atom is -0.208 e. The predicted molar refractivity (Wildman–Crippen MR) is 248 cm³/mol. The lowest BCUT2D eigenvalue weighted by molar-refractivity contribution is 1.07. The van der Waals surface area contributed by atoms with Gasteiger partial charge in [-0.1, -0.05) is 194 Å². The van der Waals surface area contributed by atoms with Crippen molar-refractivity contribution in [2.75, 3.05) is 0 Å². The molecule has 4 heteroatoms. The zero-order chi connectivity index (χ0) is 39.1.